The van der Waals surface area contributed by atoms with E-state index < -0.39 is 6.09 Å². The molecule has 2 N–H and O–H groups in total. The first kappa shape index (κ1) is 20.6. The van der Waals surface area contributed by atoms with Gasteiger partial charge in [-0.25, -0.2) is 14.8 Å². The van der Waals surface area contributed by atoms with E-state index in [1.54, 1.807) is 18.6 Å². The molecule has 1 aliphatic rings. The van der Waals surface area contributed by atoms with Gasteiger partial charge in [-0.3, -0.25) is 14.6 Å². The zero-order chi connectivity index (χ0) is 22.8. The van der Waals surface area contributed by atoms with E-state index >= 15 is 0 Å². The zero-order valence-electron chi connectivity index (χ0n) is 18.1. The molecule has 0 saturated carbocycles. The smallest absolute Gasteiger partial charge is 0.411 e. The lowest BCUT2D eigenvalue weighted by Gasteiger charge is -2.27. The van der Waals surface area contributed by atoms with Crippen LogP contribution in [0.3, 0.4) is 0 Å². The maximum atomic E-state index is 11.6. The third-order valence-corrected chi connectivity index (χ3v) is 5.64. The predicted octanol–water partition coefficient (Wildman–Crippen LogP) is 4.60. The number of nitrogens with zero attached hydrogens (tertiary/aromatic N) is 6. The van der Waals surface area contributed by atoms with E-state index in [0.717, 1.165) is 53.2 Å². The van der Waals surface area contributed by atoms with Crippen molar-refractivity contribution in [2.75, 3.05) is 16.8 Å². The molecule has 0 spiro atoms. The second kappa shape index (κ2) is 8.70. The number of aryl methyl sites for hydroxylation is 2. The quantitative estimate of drug-likeness (QED) is 0.466. The number of carbonyl (C=O) groups is 1. The van der Waals surface area contributed by atoms with E-state index in [2.05, 4.69) is 15.3 Å². The Hall–Kier alpha value is -4.27. The van der Waals surface area contributed by atoms with Crippen molar-refractivity contribution >= 4 is 23.4 Å². The minimum absolute atomic E-state index is 0.423. The van der Waals surface area contributed by atoms with Gasteiger partial charge < -0.3 is 10.4 Å². The summed E-state index contributed by atoms with van der Waals surface area (Å²) in [5.74, 6) is 0.423. The van der Waals surface area contributed by atoms with E-state index in [9.17, 15) is 9.90 Å². The standard InChI is InChI=1S/C24H23N7O2/c1-2-30-15-19(22(29-30)17-5-3-10-25-14-17)20-9-11-26-23(28-20)27-18-8-7-16-6-4-12-31(24(32)33)21(16)13-18/h3,5,7-11,13-15H,2,4,6,12H2,1H3,(H,32,33)(H,26,27,28). The van der Waals surface area contributed by atoms with Gasteiger partial charge in [0.05, 0.1) is 11.4 Å². The van der Waals surface area contributed by atoms with Crippen LogP contribution in [0.2, 0.25) is 0 Å². The molecule has 0 atom stereocenters. The summed E-state index contributed by atoms with van der Waals surface area (Å²) < 4.78 is 1.87. The number of carboxylic acid groups (broad SMARTS) is 1. The molecule has 3 aromatic heterocycles. The van der Waals surface area contributed by atoms with Crippen molar-refractivity contribution in [1.29, 1.82) is 0 Å². The van der Waals surface area contributed by atoms with Crippen LogP contribution < -0.4 is 10.2 Å². The van der Waals surface area contributed by atoms with Crippen LogP contribution in [0.1, 0.15) is 18.9 Å². The average molecular weight is 441 g/mol. The minimum atomic E-state index is -0.942. The van der Waals surface area contributed by atoms with Crippen LogP contribution in [-0.4, -0.2) is 42.5 Å². The molecule has 0 fully saturated rings. The number of amides is 1. The summed E-state index contributed by atoms with van der Waals surface area (Å²) in [6.07, 6.45) is 7.93. The highest BCUT2D eigenvalue weighted by Gasteiger charge is 2.22. The average Bonchev–Trinajstić information content (AvgIpc) is 3.29. The second-order valence-corrected chi connectivity index (χ2v) is 7.76. The fourth-order valence-corrected chi connectivity index (χ4v) is 4.04. The molecule has 0 saturated heterocycles. The van der Waals surface area contributed by atoms with E-state index in [4.69, 9.17) is 10.1 Å². The first-order valence-corrected chi connectivity index (χ1v) is 10.8. The van der Waals surface area contributed by atoms with Crippen molar-refractivity contribution in [2.45, 2.75) is 26.3 Å². The summed E-state index contributed by atoms with van der Waals surface area (Å²) in [4.78, 5) is 26.3. The Morgan fingerprint density at radius 2 is 2.12 bits per heavy atom. The van der Waals surface area contributed by atoms with Crippen LogP contribution in [0.4, 0.5) is 22.1 Å². The van der Waals surface area contributed by atoms with Gasteiger partial charge in [0.15, 0.2) is 0 Å². The number of rotatable bonds is 5. The van der Waals surface area contributed by atoms with Crippen molar-refractivity contribution in [3.8, 4) is 22.5 Å². The normalized spacial score (nSPS) is 12.9. The summed E-state index contributed by atoms with van der Waals surface area (Å²) >= 11 is 0. The van der Waals surface area contributed by atoms with Gasteiger partial charge in [-0.05, 0) is 55.7 Å². The number of hydrogen-bond acceptors (Lipinski definition) is 6. The van der Waals surface area contributed by atoms with Crippen LogP contribution in [-0.2, 0) is 13.0 Å². The van der Waals surface area contributed by atoms with E-state index in [-0.39, 0.29) is 0 Å². The molecule has 33 heavy (non-hydrogen) atoms. The fourth-order valence-electron chi connectivity index (χ4n) is 4.04. The van der Waals surface area contributed by atoms with Crippen molar-refractivity contribution in [3.63, 3.8) is 0 Å². The third-order valence-electron chi connectivity index (χ3n) is 5.64. The Labute approximate surface area is 190 Å². The van der Waals surface area contributed by atoms with Crippen molar-refractivity contribution in [1.82, 2.24) is 24.7 Å². The molecule has 4 heterocycles. The first-order chi connectivity index (χ1) is 16.1. The summed E-state index contributed by atoms with van der Waals surface area (Å²) in [6.45, 7) is 3.27. The Morgan fingerprint density at radius 1 is 1.21 bits per heavy atom. The predicted molar refractivity (Wildman–Crippen MR) is 126 cm³/mol. The number of nitrogens with one attached hydrogen (secondary N) is 1. The highest BCUT2D eigenvalue weighted by molar-refractivity contribution is 5.89. The molecule has 4 aromatic rings. The van der Waals surface area contributed by atoms with Gasteiger partial charge in [-0.2, -0.15) is 5.10 Å². The van der Waals surface area contributed by atoms with Crippen LogP contribution in [0.25, 0.3) is 22.5 Å². The number of benzene rings is 1. The van der Waals surface area contributed by atoms with Crippen LogP contribution in [0, 0.1) is 0 Å². The molecular weight excluding hydrogens is 418 g/mol. The highest BCUT2D eigenvalue weighted by atomic mass is 16.4. The molecule has 1 aliphatic heterocycles. The maximum absolute atomic E-state index is 11.6. The van der Waals surface area contributed by atoms with Crippen molar-refractivity contribution in [3.05, 3.63) is 66.7 Å². The second-order valence-electron chi connectivity index (χ2n) is 7.76. The molecular formula is C24H23N7O2. The van der Waals surface area contributed by atoms with Crippen LogP contribution in [0.5, 0.6) is 0 Å². The van der Waals surface area contributed by atoms with Gasteiger partial charge in [-0.15, -0.1) is 0 Å². The van der Waals surface area contributed by atoms with E-state index in [1.165, 1.54) is 4.90 Å². The Morgan fingerprint density at radius 3 is 2.91 bits per heavy atom. The van der Waals surface area contributed by atoms with E-state index in [1.807, 2.05) is 54.2 Å². The molecule has 0 aliphatic carbocycles. The topological polar surface area (TPSA) is 109 Å². The number of aromatic nitrogens is 5. The fraction of sp³-hybridized carbons (Fsp3) is 0.208. The van der Waals surface area contributed by atoms with Gasteiger partial charge in [-0.1, -0.05) is 6.07 Å². The molecule has 5 rings (SSSR count). The van der Waals surface area contributed by atoms with Crippen LogP contribution in [0.15, 0.2) is 61.2 Å². The number of fused-ring (bicyclic) bond motifs is 1. The number of pyridine rings is 1. The maximum Gasteiger partial charge on any atom is 0.411 e. The third kappa shape index (κ3) is 4.12. The van der Waals surface area contributed by atoms with Gasteiger partial charge in [0, 0.05) is 54.7 Å². The molecule has 0 unspecified atom stereocenters. The number of hydrogen-bond donors (Lipinski definition) is 2. The lowest BCUT2D eigenvalue weighted by Crippen LogP contribution is -2.34. The summed E-state index contributed by atoms with van der Waals surface area (Å²) in [5.41, 5.74) is 5.80. The van der Waals surface area contributed by atoms with Crippen LogP contribution >= 0.6 is 0 Å². The summed E-state index contributed by atoms with van der Waals surface area (Å²) in [5, 5.41) is 17.5. The Kier molecular flexibility index (Phi) is 5.43. The highest BCUT2D eigenvalue weighted by Crippen LogP contribution is 2.32. The lowest BCUT2D eigenvalue weighted by atomic mass is 10.0. The molecule has 9 heteroatoms. The van der Waals surface area contributed by atoms with Gasteiger partial charge in [0.2, 0.25) is 5.95 Å². The Bertz CT molecular complexity index is 1300. The lowest BCUT2D eigenvalue weighted by molar-refractivity contribution is 0.201. The summed E-state index contributed by atoms with van der Waals surface area (Å²) in [6, 6.07) is 11.4. The molecule has 0 radical (unpaired) electrons. The van der Waals surface area contributed by atoms with Crippen molar-refractivity contribution in [2.24, 2.45) is 0 Å². The SMILES string of the molecule is CCn1cc(-c2ccnc(Nc3ccc4c(c3)N(C(=O)O)CCC4)n2)c(-c2cccnc2)n1. The molecule has 9 nitrogen and oxygen atoms in total. The molecule has 0 bridgehead atoms. The van der Waals surface area contributed by atoms with Gasteiger partial charge in [0.25, 0.3) is 0 Å². The van der Waals surface area contributed by atoms with E-state index in [0.29, 0.717) is 18.2 Å². The van der Waals surface area contributed by atoms with Crippen molar-refractivity contribution < 1.29 is 9.90 Å². The first-order valence-electron chi connectivity index (χ1n) is 10.8. The van der Waals surface area contributed by atoms with Gasteiger partial charge >= 0.3 is 6.09 Å². The van der Waals surface area contributed by atoms with Gasteiger partial charge in [0.1, 0.15) is 5.69 Å². The largest absolute Gasteiger partial charge is 0.465 e. The molecule has 1 amide bonds. The minimum Gasteiger partial charge on any atom is -0.465 e. The monoisotopic (exact) mass is 441 g/mol. The molecule has 166 valence electrons. The molecule has 1 aromatic carbocycles. The summed E-state index contributed by atoms with van der Waals surface area (Å²) in [7, 11) is 0. The zero-order valence-corrected chi connectivity index (χ0v) is 18.1. The Balaban J connectivity index is 1.48. The number of anilines is 3.